The van der Waals surface area contributed by atoms with Gasteiger partial charge in [-0.1, -0.05) is 108 Å². The van der Waals surface area contributed by atoms with E-state index >= 15 is 0 Å². The minimum atomic E-state index is 0.380. The van der Waals surface area contributed by atoms with Crippen LogP contribution in [0.25, 0.3) is 0 Å². The largest absolute Gasteiger partial charge is 0.327 e. The van der Waals surface area contributed by atoms with Crippen LogP contribution >= 0.6 is 0 Å². The van der Waals surface area contributed by atoms with E-state index in [1.165, 1.54) is 82.6 Å². The van der Waals surface area contributed by atoms with E-state index in [4.69, 9.17) is 5.73 Å². The van der Waals surface area contributed by atoms with Gasteiger partial charge in [0.1, 0.15) is 0 Å². The van der Waals surface area contributed by atoms with Gasteiger partial charge in [-0.05, 0) is 54.9 Å². The lowest BCUT2D eigenvalue weighted by Gasteiger charge is -2.41. The molecular formula is C27H45N. The van der Waals surface area contributed by atoms with E-state index in [0.29, 0.717) is 12.0 Å². The molecule has 1 nitrogen and oxygen atoms in total. The Bertz CT molecular complexity index is 522. The van der Waals surface area contributed by atoms with Gasteiger partial charge in [0.25, 0.3) is 0 Å². The van der Waals surface area contributed by atoms with Crippen molar-refractivity contribution in [3.8, 4) is 0 Å². The summed E-state index contributed by atoms with van der Waals surface area (Å²) in [5.74, 6) is 3.90. The van der Waals surface area contributed by atoms with Gasteiger partial charge in [0.05, 0.1) is 0 Å². The topological polar surface area (TPSA) is 26.0 Å². The first-order chi connectivity index (χ1) is 13.7. The van der Waals surface area contributed by atoms with E-state index < -0.39 is 0 Å². The highest BCUT2D eigenvalue weighted by Crippen LogP contribution is 2.45. The van der Waals surface area contributed by atoms with Crippen molar-refractivity contribution < 1.29 is 0 Å². The molecule has 0 spiro atoms. The number of benzene rings is 1. The smallest absolute Gasteiger partial charge is 0.00646 e. The number of fused-ring (bicyclic) bond motifs is 1. The van der Waals surface area contributed by atoms with Gasteiger partial charge in [-0.25, -0.2) is 0 Å². The lowest BCUT2D eigenvalue weighted by molar-refractivity contribution is 0.0961. The van der Waals surface area contributed by atoms with Gasteiger partial charge < -0.3 is 5.73 Å². The molecular weight excluding hydrogens is 338 g/mol. The molecule has 5 unspecified atom stereocenters. The maximum Gasteiger partial charge on any atom is 0.00646 e. The van der Waals surface area contributed by atoms with Crippen LogP contribution in [0, 0.1) is 23.7 Å². The van der Waals surface area contributed by atoms with E-state index in [2.05, 4.69) is 37.3 Å². The predicted molar refractivity (Wildman–Crippen MR) is 122 cm³/mol. The molecule has 0 amide bonds. The van der Waals surface area contributed by atoms with Crippen molar-refractivity contribution in [1.29, 1.82) is 0 Å². The molecule has 1 aromatic carbocycles. The first-order valence-electron chi connectivity index (χ1n) is 12.5. The first-order valence-corrected chi connectivity index (χ1v) is 12.5. The van der Waals surface area contributed by atoms with Crippen molar-refractivity contribution in [2.75, 3.05) is 0 Å². The maximum atomic E-state index is 6.49. The second kappa shape index (κ2) is 12.0. The summed E-state index contributed by atoms with van der Waals surface area (Å²) < 4.78 is 0. The average molecular weight is 384 g/mol. The average Bonchev–Trinajstić information content (AvgIpc) is 2.75. The van der Waals surface area contributed by atoms with Crippen molar-refractivity contribution in [2.45, 2.75) is 109 Å². The zero-order chi connectivity index (χ0) is 19.6. The maximum absolute atomic E-state index is 6.49. The molecule has 2 aliphatic carbocycles. The predicted octanol–water partition coefficient (Wildman–Crippen LogP) is 7.53. The molecule has 3 rings (SSSR count). The summed E-state index contributed by atoms with van der Waals surface area (Å²) in [7, 11) is 0. The van der Waals surface area contributed by atoms with Crippen molar-refractivity contribution >= 4 is 0 Å². The van der Waals surface area contributed by atoms with Crippen molar-refractivity contribution in [2.24, 2.45) is 29.4 Å². The summed E-state index contributed by atoms with van der Waals surface area (Å²) in [4.78, 5) is 0. The zero-order valence-electron chi connectivity index (χ0n) is 18.5. The number of rotatable bonds is 11. The molecule has 28 heavy (non-hydrogen) atoms. The fourth-order valence-electron chi connectivity index (χ4n) is 6.11. The van der Waals surface area contributed by atoms with E-state index in [1.807, 2.05) is 0 Å². The van der Waals surface area contributed by atoms with E-state index in [0.717, 1.165) is 17.8 Å². The first kappa shape index (κ1) is 21.9. The van der Waals surface area contributed by atoms with Gasteiger partial charge in [0, 0.05) is 6.04 Å². The van der Waals surface area contributed by atoms with E-state index in [-0.39, 0.29) is 0 Å². The number of unbranched alkanes of at least 4 members (excludes halogenated alkanes) is 3. The molecule has 158 valence electrons. The van der Waals surface area contributed by atoms with Gasteiger partial charge in [0.15, 0.2) is 0 Å². The zero-order valence-corrected chi connectivity index (χ0v) is 18.5. The van der Waals surface area contributed by atoms with E-state index in [1.54, 1.807) is 19.3 Å². The third-order valence-corrected chi connectivity index (χ3v) is 8.05. The Morgan fingerprint density at radius 3 is 2.46 bits per heavy atom. The summed E-state index contributed by atoms with van der Waals surface area (Å²) in [5.41, 5.74) is 7.93. The highest BCUT2D eigenvalue weighted by Gasteiger charge is 2.34. The SMILES string of the molecule is CC(CCc1ccccc1)C(N)CCCCCCC1CCCC2CCCCC12. The van der Waals surface area contributed by atoms with Crippen LogP contribution in [0.5, 0.6) is 0 Å². The summed E-state index contributed by atoms with van der Waals surface area (Å²) >= 11 is 0. The molecule has 2 aliphatic rings. The van der Waals surface area contributed by atoms with Crippen molar-refractivity contribution in [3.63, 3.8) is 0 Å². The molecule has 1 heteroatoms. The Balaban J connectivity index is 1.23. The second-order valence-corrected chi connectivity index (χ2v) is 10.1. The molecule has 2 fully saturated rings. The van der Waals surface area contributed by atoms with Gasteiger partial charge >= 0.3 is 0 Å². The van der Waals surface area contributed by atoms with Crippen LogP contribution in [0.3, 0.4) is 0 Å². The minimum Gasteiger partial charge on any atom is -0.327 e. The van der Waals surface area contributed by atoms with Crippen LogP contribution in [-0.4, -0.2) is 6.04 Å². The summed E-state index contributed by atoms with van der Waals surface area (Å²) in [6.45, 7) is 2.34. The normalized spacial score (nSPS) is 27.1. The lowest BCUT2D eigenvalue weighted by atomic mass is 9.64. The lowest BCUT2D eigenvalue weighted by Crippen LogP contribution is -2.30. The molecule has 0 aromatic heterocycles. The van der Waals surface area contributed by atoms with Crippen LogP contribution in [0.2, 0.25) is 0 Å². The van der Waals surface area contributed by atoms with Crippen LogP contribution in [-0.2, 0) is 6.42 Å². The van der Waals surface area contributed by atoms with Gasteiger partial charge in [-0.15, -0.1) is 0 Å². The Morgan fingerprint density at radius 2 is 1.61 bits per heavy atom. The van der Waals surface area contributed by atoms with Crippen molar-refractivity contribution in [3.05, 3.63) is 35.9 Å². The number of hydrogen-bond acceptors (Lipinski definition) is 1. The Morgan fingerprint density at radius 1 is 0.857 bits per heavy atom. The molecule has 2 saturated carbocycles. The highest BCUT2D eigenvalue weighted by atomic mass is 14.6. The van der Waals surface area contributed by atoms with Gasteiger partial charge in [0.2, 0.25) is 0 Å². The third kappa shape index (κ3) is 6.90. The summed E-state index contributed by atoms with van der Waals surface area (Å²) in [6, 6.07) is 11.2. The van der Waals surface area contributed by atoms with Crippen LogP contribution in [0.15, 0.2) is 30.3 Å². The van der Waals surface area contributed by atoms with Crippen LogP contribution in [0.4, 0.5) is 0 Å². The highest BCUT2D eigenvalue weighted by molar-refractivity contribution is 5.14. The fraction of sp³-hybridized carbons (Fsp3) is 0.778. The molecule has 1 aromatic rings. The molecule has 2 N–H and O–H groups in total. The molecule has 0 radical (unpaired) electrons. The quantitative estimate of drug-likeness (QED) is 0.393. The third-order valence-electron chi connectivity index (χ3n) is 8.05. The molecule has 0 aliphatic heterocycles. The van der Waals surface area contributed by atoms with E-state index in [9.17, 15) is 0 Å². The van der Waals surface area contributed by atoms with Crippen molar-refractivity contribution in [1.82, 2.24) is 0 Å². The molecule has 0 bridgehead atoms. The van der Waals surface area contributed by atoms with Crippen LogP contribution < -0.4 is 5.73 Å². The molecule has 0 saturated heterocycles. The number of hydrogen-bond donors (Lipinski definition) is 1. The number of nitrogens with two attached hydrogens (primary N) is 1. The monoisotopic (exact) mass is 383 g/mol. The van der Waals surface area contributed by atoms with Gasteiger partial charge in [-0.2, -0.15) is 0 Å². The summed E-state index contributed by atoms with van der Waals surface area (Å²) in [6.07, 6.45) is 21.4. The molecule has 5 atom stereocenters. The summed E-state index contributed by atoms with van der Waals surface area (Å²) in [5, 5.41) is 0. The minimum absolute atomic E-state index is 0.380. The van der Waals surface area contributed by atoms with Crippen LogP contribution in [0.1, 0.15) is 102 Å². The Labute approximate surface area is 174 Å². The molecule has 0 heterocycles. The van der Waals surface area contributed by atoms with Gasteiger partial charge in [-0.3, -0.25) is 0 Å². The Hall–Kier alpha value is -0.820. The Kier molecular flexibility index (Phi) is 9.38. The fourth-order valence-corrected chi connectivity index (χ4v) is 6.11. The number of aryl methyl sites for hydroxylation is 1. The standard InChI is InChI=1S/C27H45N/c1-22(20-21-23-12-5-4-6-13-23)27(28)19-8-3-2-7-14-24-16-11-17-25-15-9-10-18-26(24)25/h4-6,12-13,22,24-27H,2-3,7-11,14-21,28H2,1H3. The second-order valence-electron chi connectivity index (χ2n) is 10.1.